The molecule has 28 heavy (non-hydrogen) atoms. The van der Waals surface area contributed by atoms with Crippen molar-refractivity contribution in [1.29, 1.82) is 0 Å². The van der Waals surface area contributed by atoms with Gasteiger partial charge in [-0.25, -0.2) is 4.98 Å². The Kier molecular flexibility index (Phi) is 5.34. The number of fused-ring (bicyclic) bond motifs is 1. The summed E-state index contributed by atoms with van der Waals surface area (Å²) in [7, 11) is 3.15. The standard InChI is InChI=1S/C21H22N2O4S/c1-25-15-7-8-16(18(13-15)26-2)20(24)23-11-9-14(10-12-23)27-21-22-17-5-3-4-6-19(17)28-21/h3-8,13-14H,9-12H2,1-2H3. The third-order valence-corrected chi connectivity index (χ3v) is 5.84. The molecule has 0 atom stereocenters. The molecular formula is C21H22N2O4S. The lowest BCUT2D eigenvalue weighted by Crippen LogP contribution is -2.41. The van der Waals surface area contributed by atoms with Crippen molar-refractivity contribution in [2.24, 2.45) is 0 Å². The maximum absolute atomic E-state index is 12.9. The van der Waals surface area contributed by atoms with Gasteiger partial charge in [0.05, 0.1) is 30.0 Å². The van der Waals surface area contributed by atoms with Crippen molar-refractivity contribution in [3.8, 4) is 16.7 Å². The summed E-state index contributed by atoms with van der Waals surface area (Å²) in [6, 6.07) is 13.3. The summed E-state index contributed by atoms with van der Waals surface area (Å²) in [5.74, 6) is 1.16. The molecule has 1 fully saturated rings. The van der Waals surface area contributed by atoms with Crippen LogP contribution in [0.3, 0.4) is 0 Å². The van der Waals surface area contributed by atoms with Crippen LogP contribution in [0.1, 0.15) is 23.2 Å². The van der Waals surface area contributed by atoms with E-state index < -0.39 is 0 Å². The number of ether oxygens (including phenoxy) is 3. The highest BCUT2D eigenvalue weighted by Crippen LogP contribution is 2.30. The molecule has 0 aliphatic carbocycles. The number of hydrogen-bond acceptors (Lipinski definition) is 6. The lowest BCUT2D eigenvalue weighted by molar-refractivity contribution is 0.0592. The smallest absolute Gasteiger partial charge is 0.274 e. The Hall–Kier alpha value is -2.80. The molecule has 0 spiro atoms. The van der Waals surface area contributed by atoms with Gasteiger partial charge in [-0.05, 0) is 24.3 Å². The monoisotopic (exact) mass is 398 g/mol. The van der Waals surface area contributed by atoms with E-state index in [1.54, 1.807) is 43.8 Å². The van der Waals surface area contributed by atoms with Crippen LogP contribution in [-0.2, 0) is 0 Å². The molecule has 1 aliphatic rings. The summed E-state index contributed by atoms with van der Waals surface area (Å²) < 4.78 is 17.8. The van der Waals surface area contributed by atoms with Crippen molar-refractivity contribution in [2.45, 2.75) is 18.9 Å². The lowest BCUT2D eigenvalue weighted by atomic mass is 10.1. The zero-order chi connectivity index (χ0) is 19.5. The first-order valence-corrected chi connectivity index (χ1v) is 10.0. The second-order valence-corrected chi connectivity index (χ2v) is 7.62. The SMILES string of the molecule is COc1ccc(C(=O)N2CCC(Oc3nc4ccccc4s3)CC2)c(OC)c1. The summed E-state index contributed by atoms with van der Waals surface area (Å²) in [5, 5.41) is 0.697. The van der Waals surface area contributed by atoms with Crippen LogP contribution in [0, 0.1) is 0 Å². The molecule has 0 bridgehead atoms. The van der Waals surface area contributed by atoms with E-state index in [0.717, 1.165) is 23.1 Å². The van der Waals surface area contributed by atoms with E-state index in [4.69, 9.17) is 14.2 Å². The predicted molar refractivity (Wildman–Crippen MR) is 109 cm³/mol. The minimum atomic E-state index is -0.0297. The molecule has 1 amide bonds. The molecule has 1 aliphatic heterocycles. The minimum absolute atomic E-state index is 0.0297. The van der Waals surface area contributed by atoms with Gasteiger partial charge in [0.2, 0.25) is 0 Å². The van der Waals surface area contributed by atoms with Gasteiger partial charge in [-0.2, -0.15) is 0 Å². The normalized spacial score (nSPS) is 14.9. The van der Waals surface area contributed by atoms with Crippen LogP contribution in [0.15, 0.2) is 42.5 Å². The first-order valence-electron chi connectivity index (χ1n) is 9.21. The maximum Gasteiger partial charge on any atom is 0.274 e. The number of carbonyl (C=O) groups excluding carboxylic acids is 1. The molecule has 2 aromatic carbocycles. The van der Waals surface area contributed by atoms with Crippen molar-refractivity contribution in [3.63, 3.8) is 0 Å². The highest BCUT2D eigenvalue weighted by atomic mass is 32.1. The zero-order valence-corrected chi connectivity index (χ0v) is 16.7. The van der Waals surface area contributed by atoms with E-state index in [1.165, 1.54) is 0 Å². The molecule has 2 heterocycles. The Labute approximate surface area is 167 Å². The van der Waals surface area contributed by atoms with Crippen molar-refractivity contribution >= 4 is 27.5 Å². The Bertz CT molecular complexity index is 946. The number of thiazole rings is 1. The number of hydrogen-bond donors (Lipinski definition) is 0. The van der Waals surface area contributed by atoms with Crippen LogP contribution < -0.4 is 14.2 Å². The number of carbonyl (C=O) groups is 1. The van der Waals surface area contributed by atoms with Gasteiger partial charge in [-0.1, -0.05) is 23.5 Å². The number of nitrogens with zero attached hydrogens (tertiary/aromatic N) is 2. The van der Waals surface area contributed by atoms with Crippen LogP contribution in [0.5, 0.6) is 16.7 Å². The second-order valence-electron chi connectivity index (χ2n) is 6.62. The van der Waals surface area contributed by atoms with E-state index in [9.17, 15) is 4.79 Å². The minimum Gasteiger partial charge on any atom is -0.497 e. The Morgan fingerprint density at radius 3 is 2.61 bits per heavy atom. The van der Waals surface area contributed by atoms with E-state index in [2.05, 4.69) is 4.98 Å². The summed E-state index contributed by atoms with van der Waals surface area (Å²) in [6.45, 7) is 1.28. The number of para-hydroxylation sites is 1. The summed E-state index contributed by atoms with van der Waals surface area (Å²) in [5.41, 5.74) is 1.51. The molecule has 146 valence electrons. The highest BCUT2D eigenvalue weighted by molar-refractivity contribution is 7.20. The summed E-state index contributed by atoms with van der Waals surface area (Å²) in [6.07, 6.45) is 1.63. The third kappa shape index (κ3) is 3.75. The average Bonchev–Trinajstić information content (AvgIpc) is 3.15. The average molecular weight is 398 g/mol. The number of rotatable bonds is 5. The molecule has 3 aromatic rings. The van der Waals surface area contributed by atoms with Crippen LogP contribution in [-0.4, -0.2) is 49.2 Å². The summed E-state index contributed by atoms with van der Waals surface area (Å²) >= 11 is 1.56. The molecule has 7 heteroatoms. The van der Waals surface area contributed by atoms with E-state index in [0.29, 0.717) is 35.3 Å². The molecule has 1 aromatic heterocycles. The van der Waals surface area contributed by atoms with Crippen LogP contribution in [0.2, 0.25) is 0 Å². The van der Waals surface area contributed by atoms with Gasteiger partial charge < -0.3 is 19.1 Å². The van der Waals surface area contributed by atoms with Gasteiger partial charge in [-0.15, -0.1) is 0 Å². The van der Waals surface area contributed by atoms with E-state index in [-0.39, 0.29) is 12.0 Å². The van der Waals surface area contributed by atoms with Crippen molar-refractivity contribution in [2.75, 3.05) is 27.3 Å². The fourth-order valence-electron chi connectivity index (χ4n) is 3.37. The number of likely N-dealkylation sites (tertiary alicyclic amines) is 1. The van der Waals surface area contributed by atoms with Crippen molar-refractivity contribution < 1.29 is 19.0 Å². The molecule has 1 saturated heterocycles. The first kappa shape index (κ1) is 18.6. The highest BCUT2D eigenvalue weighted by Gasteiger charge is 2.27. The van der Waals surface area contributed by atoms with Gasteiger partial charge in [0.1, 0.15) is 17.6 Å². The number of piperidine rings is 1. The molecule has 4 rings (SSSR count). The molecule has 0 saturated carbocycles. The molecule has 0 radical (unpaired) electrons. The quantitative estimate of drug-likeness (QED) is 0.650. The van der Waals surface area contributed by atoms with Crippen molar-refractivity contribution in [1.82, 2.24) is 9.88 Å². The second kappa shape index (κ2) is 8.06. The van der Waals surface area contributed by atoms with Gasteiger partial charge in [0.15, 0.2) is 0 Å². The zero-order valence-electron chi connectivity index (χ0n) is 15.9. The van der Waals surface area contributed by atoms with Gasteiger partial charge in [-0.3, -0.25) is 4.79 Å². The number of aromatic nitrogens is 1. The fraction of sp³-hybridized carbons (Fsp3) is 0.333. The Morgan fingerprint density at radius 1 is 1.11 bits per heavy atom. The Morgan fingerprint density at radius 2 is 1.89 bits per heavy atom. The number of benzene rings is 2. The Balaban J connectivity index is 1.39. The molecule has 6 nitrogen and oxygen atoms in total. The molecule has 0 N–H and O–H groups in total. The predicted octanol–water partition coefficient (Wildman–Crippen LogP) is 4.00. The fourth-order valence-corrected chi connectivity index (χ4v) is 4.25. The van der Waals surface area contributed by atoms with Gasteiger partial charge in [0.25, 0.3) is 11.1 Å². The van der Waals surface area contributed by atoms with Gasteiger partial charge >= 0.3 is 0 Å². The summed E-state index contributed by atoms with van der Waals surface area (Å²) in [4.78, 5) is 19.3. The first-order chi connectivity index (χ1) is 13.7. The molecule has 0 unspecified atom stereocenters. The van der Waals surface area contributed by atoms with Crippen LogP contribution in [0.25, 0.3) is 10.2 Å². The third-order valence-electron chi connectivity index (χ3n) is 4.91. The largest absolute Gasteiger partial charge is 0.497 e. The number of amides is 1. The van der Waals surface area contributed by atoms with Gasteiger partial charge in [0, 0.05) is 32.0 Å². The molecular weight excluding hydrogens is 376 g/mol. The lowest BCUT2D eigenvalue weighted by Gasteiger charge is -2.32. The number of methoxy groups -OCH3 is 2. The van der Waals surface area contributed by atoms with E-state index >= 15 is 0 Å². The topological polar surface area (TPSA) is 60.9 Å². The maximum atomic E-state index is 12.9. The van der Waals surface area contributed by atoms with Crippen molar-refractivity contribution in [3.05, 3.63) is 48.0 Å². The van der Waals surface area contributed by atoms with Crippen LogP contribution in [0.4, 0.5) is 0 Å². The van der Waals surface area contributed by atoms with E-state index in [1.807, 2.05) is 29.2 Å². The van der Waals surface area contributed by atoms with Crippen LogP contribution >= 0.6 is 11.3 Å².